The van der Waals surface area contributed by atoms with Crippen molar-refractivity contribution in [2.75, 3.05) is 0 Å². The largest absolute Gasteiger partial charge is 0.274 e. The molecular weight excluding hydrogens is 207 g/mol. The lowest BCUT2D eigenvalue weighted by atomic mass is 10.2. The molecule has 1 aromatic rings. The van der Waals surface area contributed by atoms with Gasteiger partial charge in [-0.3, -0.25) is 4.79 Å². The Bertz CT molecular complexity index is 438. The van der Waals surface area contributed by atoms with Gasteiger partial charge in [-0.25, -0.2) is 9.82 Å². The van der Waals surface area contributed by atoms with Gasteiger partial charge in [0.15, 0.2) is 0 Å². The minimum Gasteiger partial charge on any atom is -0.267 e. The van der Waals surface area contributed by atoms with Gasteiger partial charge in [0.05, 0.1) is 5.56 Å². The van der Waals surface area contributed by atoms with Crippen LogP contribution in [0.4, 0.5) is 4.39 Å². The van der Waals surface area contributed by atoms with E-state index in [0.29, 0.717) is 5.92 Å². The molecule has 0 spiro atoms. The van der Waals surface area contributed by atoms with Gasteiger partial charge in [0.1, 0.15) is 5.82 Å². The molecular formula is C12H13FN2O. The molecule has 4 heteroatoms. The Morgan fingerprint density at radius 3 is 2.75 bits per heavy atom. The second-order valence-electron chi connectivity index (χ2n) is 3.95. The summed E-state index contributed by atoms with van der Waals surface area (Å²) >= 11 is 0. The molecule has 0 atom stereocenters. The minimum absolute atomic E-state index is 0.0230. The van der Waals surface area contributed by atoms with E-state index in [1.807, 2.05) is 6.92 Å². The van der Waals surface area contributed by atoms with Crippen molar-refractivity contribution in [3.8, 4) is 0 Å². The van der Waals surface area contributed by atoms with Gasteiger partial charge in [-0.15, -0.1) is 0 Å². The van der Waals surface area contributed by atoms with Crippen LogP contribution in [0.5, 0.6) is 0 Å². The van der Waals surface area contributed by atoms with Gasteiger partial charge in [0.2, 0.25) is 0 Å². The highest BCUT2D eigenvalue weighted by atomic mass is 19.1. The van der Waals surface area contributed by atoms with Crippen molar-refractivity contribution in [3.05, 3.63) is 35.6 Å². The Labute approximate surface area is 93.4 Å². The summed E-state index contributed by atoms with van der Waals surface area (Å²) in [5.41, 5.74) is 3.30. The minimum atomic E-state index is -0.528. The smallest absolute Gasteiger partial charge is 0.267 e. The third-order valence-electron chi connectivity index (χ3n) is 2.62. The van der Waals surface area contributed by atoms with Crippen LogP contribution in [-0.4, -0.2) is 11.6 Å². The zero-order chi connectivity index (χ0) is 11.5. The molecule has 1 saturated carbocycles. The molecule has 0 heterocycles. The first-order valence-corrected chi connectivity index (χ1v) is 5.27. The topological polar surface area (TPSA) is 41.5 Å². The molecule has 0 aromatic heterocycles. The van der Waals surface area contributed by atoms with Crippen molar-refractivity contribution in [1.82, 2.24) is 5.43 Å². The van der Waals surface area contributed by atoms with Crippen LogP contribution in [0.25, 0.3) is 0 Å². The zero-order valence-electron chi connectivity index (χ0n) is 9.03. The van der Waals surface area contributed by atoms with E-state index in [-0.39, 0.29) is 5.56 Å². The lowest BCUT2D eigenvalue weighted by Gasteiger charge is -2.02. The predicted octanol–water partition coefficient (Wildman–Crippen LogP) is 2.34. The van der Waals surface area contributed by atoms with Crippen LogP contribution in [0.15, 0.2) is 29.4 Å². The Morgan fingerprint density at radius 2 is 2.12 bits per heavy atom. The molecule has 1 aliphatic rings. The first-order chi connectivity index (χ1) is 7.68. The number of carbonyl (C=O) groups excluding carboxylic acids is 1. The number of halogens is 1. The predicted molar refractivity (Wildman–Crippen MR) is 59.7 cm³/mol. The van der Waals surface area contributed by atoms with Crippen molar-refractivity contribution in [2.24, 2.45) is 11.0 Å². The van der Waals surface area contributed by atoms with Gasteiger partial charge in [0.25, 0.3) is 5.91 Å². The quantitative estimate of drug-likeness (QED) is 0.616. The average molecular weight is 220 g/mol. The van der Waals surface area contributed by atoms with E-state index in [4.69, 9.17) is 0 Å². The van der Waals surface area contributed by atoms with Gasteiger partial charge < -0.3 is 0 Å². The average Bonchev–Trinajstić information content (AvgIpc) is 3.10. The van der Waals surface area contributed by atoms with Crippen LogP contribution in [0.3, 0.4) is 0 Å². The molecule has 3 nitrogen and oxygen atoms in total. The van der Waals surface area contributed by atoms with E-state index >= 15 is 0 Å². The van der Waals surface area contributed by atoms with E-state index < -0.39 is 11.7 Å². The van der Waals surface area contributed by atoms with Crippen LogP contribution >= 0.6 is 0 Å². The summed E-state index contributed by atoms with van der Waals surface area (Å²) in [5.74, 6) is -0.529. The molecule has 0 radical (unpaired) electrons. The van der Waals surface area contributed by atoms with Gasteiger partial charge in [0, 0.05) is 5.71 Å². The molecule has 2 rings (SSSR count). The molecule has 1 aromatic carbocycles. The van der Waals surface area contributed by atoms with Crippen LogP contribution in [0.1, 0.15) is 30.1 Å². The summed E-state index contributed by atoms with van der Waals surface area (Å²) in [6.07, 6.45) is 2.26. The number of nitrogens with one attached hydrogen (secondary N) is 1. The SMILES string of the molecule is C/C(=N\NC(=O)c1ccccc1F)C1CC1. The Hall–Kier alpha value is -1.71. The number of nitrogens with zero attached hydrogens (tertiary/aromatic N) is 1. The normalized spacial score (nSPS) is 16.0. The maximum Gasteiger partial charge on any atom is 0.274 e. The second kappa shape index (κ2) is 4.43. The fraction of sp³-hybridized carbons (Fsp3) is 0.333. The number of hydrogen-bond acceptors (Lipinski definition) is 2. The number of benzene rings is 1. The third-order valence-corrected chi connectivity index (χ3v) is 2.62. The number of carbonyl (C=O) groups is 1. The van der Waals surface area contributed by atoms with Crippen molar-refractivity contribution >= 4 is 11.6 Å². The highest BCUT2D eigenvalue weighted by molar-refractivity contribution is 5.95. The molecule has 1 N–H and O–H groups in total. The summed E-state index contributed by atoms with van der Waals surface area (Å²) in [4.78, 5) is 11.6. The van der Waals surface area contributed by atoms with Crippen molar-refractivity contribution in [3.63, 3.8) is 0 Å². The Balaban J connectivity index is 2.03. The fourth-order valence-electron chi connectivity index (χ4n) is 1.44. The molecule has 16 heavy (non-hydrogen) atoms. The summed E-state index contributed by atoms with van der Waals surface area (Å²) in [7, 11) is 0. The summed E-state index contributed by atoms with van der Waals surface area (Å²) in [5, 5.41) is 3.95. The highest BCUT2D eigenvalue weighted by Gasteiger charge is 2.24. The maximum atomic E-state index is 13.2. The number of rotatable bonds is 3. The van der Waals surface area contributed by atoms with Crippen molar-refractivity contribution < 1.29 is 9.18 Å². The van der Waals surface area contributed by atoms with Gasteiger partial charge in [-0.2, -0.15) is 5.10 Å². The number of amides is 1. The zero-order valence-corrected chi connectivity index (χ0v) is 9.03. The molecule has 0 bridgehead atoms. The first kappa shape index (κ1) is 10.8. The highest BCUT2D eigenvalue weighted by Crippen LogP contribution is 2.30. The van der Waals surface area contributed by atoms with E-state index in [9.17, 15) is 9.18 Å². The summed E-state index contributed by atoms with van der Waals surface area (Å²) in [6.45, 7) is 1.87. The molecule has 0 saturated heterocycles. The molecule has 84 valence electrons. The number of hydrazone groups is 1. The van der Waals surface area contributed by atoms with Crippen LogP contribution in [0, 0.1) is 11.7 Å². The fourth-order valence-corrected chi connectivity index (χ4v) is 1.44. The summed E-state index contributed by atoms with van der Waals surface area (Å²) in [6, 6.07) is 5.86. The molecule has 1 amide bonds. The van der Waals surface area contributed by atoms with Crippen LogP contribution in [-0.2, 0) is 0 Å². The van der Waals surface area contributed by atoms with E-state index in [1.165, 1.54) is 12.1 Å². The monoisotopic (exact) mass is 220 g/mol. The molecule has 0 unspecified atom stereocenters. The molecule has 1 fully saturated rings. The second-order valence-corrected chi connectivity index (χ2v) is 3.95. The van der Waals surface area contributed by atoms with Gasteiger partial charge >= 0.3 is 0 Å². The third kappa shape index (κ3) is 2.45. The molecule has 0 aliphatic heterocycles. The lowest BCUT2D eigenvalue weighted by molar-refractivity contribution is 0.0950. The van der Waals surface area contributed by atoms with Gasteiger partial charge in [-0.1, -0.05) is 12.1 Å². The van der Waals surface area contributed by atoms with E-state index in [1.54, 1.807) is 12.1 Å². The Morgan fingerprint density at radius 1 is 1.44 bits per heavy atom. The first-order valence-electron chi connectivity index (χ1n) is 5.27. The number of hydrogen-bond donors (Lipinski definition) is 1. The standard InChI is InChI=1S/C12H13FN2O/c1-8(9-6-7-9)14-15-12(16)10-4-2-3-5-11(10)13/h2-5,9H,6-7H2,1H3,(H,15,16)/b14-8+. The maximum absolute atomic E-state index is 13.2. The molecule has 1 aliphatic carbocycles. The van der Waals surface area contributed by atoms with Crippen molar-refractivity contribution in [1.29, 1.82) is 0 Å². The van der Waals surface area contributed by atoms with Crippen LogP contribution < -0.4 is 5.43 Å². The lowest BCUT2D eigenvalue weighted by Crippen LogP contribution is -2.20. The van der Waals surface area contributed by atoms with Gasteiger partial charge in [-0.05, 0) is 37.8 Å². The Kier molecular flexibility index (Phi) is 2.99. The van der Waals surface area contributed by atoms with E-state index in [0.717, 1.165) is 18.6 Å². The van der Waals surface area contributed by atoms with Crippen LogP contribution in [0.2, 0.25) is 0 Å². The van der Waals surface area contributed by atoms with Crippen molar-refractivity contribution in [2.45, 2.75) is 19.8 Å². The summed E-state index contributed by atoms with van der Waals surface area (Å²) < 4.78 is 13.2. The van der Waals surface area contributed by atoms with E-state index in [2.05, 4.69) is 10.5 Å².